The summed E-state index contributed by atoms with van der Waals surface area (Å²) in [6.07, 6.45) is 1.60. The Kier molecular flexibility index (Phi) is 1.94. The number of aromatic nitrogens is 1. The zero-order valence-electron chi connectivity index (χ0n) is 6.45. The van der Waals surface area contributed by atoms with Gasteiger partial charge in [-0.15, -0.1) is 11.3 Å². The summed E-state index contributed by atoms with van der Waals surface area (Å²) in [4.78, 5) is 14.7. The molecule has 2 aromatic rings. The average molecular weight is 213 g/mol. The molecule has 2 heterocycles. The predicted octanol–water partition coefficient (Wildman–Crippen LogP) is 2.05. The number of hydrogen-bond acceptors (Lipinski definition) is 3. The number of fused-ring (bicyclic) bond motifs is 1. The minimum atomic E-state index is -0.524. The van der Waals surface area contributed by atoms with Crippen LogP contribution in [-0.4, -0.2) is 10.9 Å². The van der Waals surface area contributed by atoms with E-state index in [2.05, 4.69) is 4.98 Å². The van der Waals surface area contributed by atoms with E-state index in [0.717, 1.165) is 10.1 Å². The molecule has 66 valence electrons. The van der Waals surface area contributed by atoms with Gasteiger partial charge in [-0.3, -0.25) is 4.79 Å². The molecule has 0 unspecified atom stereocenters. The van der Waals surface area contributed by atoms with Gasteiger partial charge in [-0.05, 0) is 17.5 Å². The highest BCUT2D eigenvalue weighted by atomic mass is 35.5. The van der Waals surface area contributed by atoms with Crippen molar-refractivity contribution in [1.82, 2.24) is 4.98 Å². The monoisotopic (exact) mass is 212 g/mol. The molecule has 0 aliphatic heterocycles. The minimum absolute atomic E-state index is 0.266. The van der Waals surface area contributed by atoms with E-state index in [-0.39, 0.29) is 5.69 Å². The summed E-state index contributed by atoms with van der Waals surface area (Å²) in [5.41, 5.74) is 5.35. The van der Waals surface area contributed by atoms with E-state index in [1.54, 1.807) is 18.3 Å². The Hall–Kier alpha value is -1.13. The Bertz CT molecular complexity index is 480. The van der Waals surface area contributed by atoms with E-state index in [1.165, 1.54) is 11.3 Å². The number of hydrogen-bond donors (Lipinski definition) is 1. The molecule has 0 aromatic carbocycles. The van der Waals surface area contributed by atoms with E-state index >= 15 is 0 Å². The van der Waals surface area contributed by atoms with Gasteiger partial charge in [-0.1, -0.05) is 11.6 Å². The van der Waals surface area contributed by atoms with Gasteiger partial charge in [0.25, 0.3) is 5.91 Å². The molecule has 0 aliphatic rings. The van der Waals surface area contributed by atoms with E-state index in [1.807, 2.05) is 0 Å². The molecule has 0 radical (unpaired) electrons. The van der Waals surface area contributed by atoms with Crippen molar-refractivity contribution in [2.24, 2.45) is 5.73 Å². The second-order valence-corrected chi connectivity index (χ2v) is 4.24. The van der Waals surface area contributed by atoms with Crippen LogP contribution in [0.3, 0.4) is 0 Å². The van der Waals surface area contributed by atoms with Crippen LogP contribution < -0.4 is 5.73 Å². The number of nitrogens with zero attached hydrogens (tertiary/aromatic N) is 1. The lowest BCUT2D eigenvalue weighted by Crippen LogP contribution is -2.12. The molecule has 2 aromatic heterocycles. The molecule has 3 nitrogen and oxygen atoms in total. The second kappa shape index (κ2) is 2.97. The second-order valence-electron chi connectivity index (χ2n) is 2.52. The van der Waals surface area contributed by atoms with Gasteiger partial charge in [-0.2, -0.15) is 0 Å². The summed E-state index contributed by atoms with van der Waals surface area (Å²) >= 11 is 7.21. The quantitative estimate of drug-likeness (QED) is 0.787. The fourth-order valence-corrected chi connectivity index (χ4v) is 2.15. The van der Waals surface area contributed by atoms with Crippen LogP contribution in [0.1, 0.15) is 10.5 Å². The molecule has 0 aliphatic carbocycles. The van der Waals surface area contributed by atoms with Crippen molar-refractivity contribution in [2.75, 3.05) is 0 Å². The smallest absolute Gasteiger partial charge is 0.267 e. The summed E-state index contributed by atoms with van der Waals surface area (Å²) in [5, 5.41) is 0.902. The van der Waals surface area contributed by atoms with E-state index in [9.17, 15) is 4.79 Å². The highest BCUT2D eigenvalue weighted by Crippen LogP contribution is 2.28. The van der Waals surface area contributed by atoms with E-state index in [0.29, 0.717) is 4.34 Å². The molecule has 0 atom stereocenters. The van der Waals surface area contributed by atoms with E-state index < -0.39 is 5.91 Å². The van der Waals surface area contributed by atoms with Gasteiger partial charge in [0.15, 0.2) is 0 Å². The summed E-state index contributed by atoms with van der Waals surface area (Å²) in [6, 6.07) is 3.43. The normalized spacial score (nSPS) is 10.5. The van der Waals surface area contributed by atoms with Crippen molar-refractivity contribution in [3.05, 3.63) is 28.4 Å². The summed E-state index contributed by atoms with van der Waals surface area (Å²) in [7, 11) is 0. The molecule has 1 amide bonds. The Balaban J connectivity index is 2.67. The van der Waals surface area contributed by atoms with Gasteiger partial charge in [0.2, 0.25) is 0 Å². The van der Waals surface area contributed by atoms with Crippen LogP contribution in [0.15, 0.2) is 18.3 Å². The number of halogens is 1. The van der Waals surface area contributed by atoms with Crippen LogP contribution in [-0.2, 0) is 0 Å². The Morgan fingerprint density at radius 1 is 1.54 bits per heavy atom. The Morgan fingerprint density at radius 3 is 3.00 bits per heavy atom. The third-order valence-electron chi connectivity index (χ3n) is 1.63. The first kappa shape index (κ1) is 8.47. The first-order valence-corrected chi connectivity index (χ1v) is 4.71. The maximum Gasteiger partial charge on any atom is 0.267 e. The highest BCUT2D eigenvalue weighted by molar-refractivity contribution is 7.22. The van der Waals surface area contributed by atoms with Crippen molar-refractivity contribution >= 4 is 38.9 Å². The van der Waals surface area contributed by atoms with Gasteiger partial charge < -0.3 is 5.73 Å². The predicted molar refractivity (Wildman–Crippen MR) is 53.1 cm³/mol. The fraction of sp³-hybridized carbons (Fsp3) is 0. The van der Waals surface area contributed by atoms with Crippen LogP contribution >= 0.6 is 22.9 Å². The standard InChI is InChI=1S/C8H5ClN2OS/c9-7-2-4-1-5(8(10)12)11-3-6(4)13-7/h1-3H,(H2,10,12). The minimum Gasteiger partial charge on any atom is -0.364 e. The largest absolute Gasteiger partial charge is 0.364 e. The van der Waals surface area contributed by atoms with Crippen LogP contribution in [0.4, 0.5) is 0 Å². The lowest BCUT2D eigenvalue weighted by Gasteiger charge is -1.92. The SMILES string of the molecule is NC(=O)c1cc2cc(Cl)sc2cn1. The van der Waals surface area contributed by atoms with Crippen LogP contribution in [0.5, 0.6) is 0 Å². The van der Waals surface area contributed by atoms with Gasteiger partial charge in [-0.25, -0.2) is 4.98 Å². The Morgan fingerprint density at radius 2 is 2.31 bits per heavy atom. The maximum absolute atomic E-state index is 10.8. The lowest BCUT2D eigenvalue weighted by molar-refractivity contribution is 0.0996. The van der Waals surface area contributed by atoms with Crippen molar-refractivity contribution in [3.63, 3.8) is 0 Å². The molecule has 0 spiro atoms. The first-order chi connectivity index (χ1) is 6.16. The molecule has 2 rings (SSSR count). The van der Waals surface area contributed by atoms with Gasteiger partial charge in [0.1, 0.15) is 5.69 Å². The van der Waals surface area contributed by atoms with Crippen molar-refractivity contribution < 1.29 is 4.79 Å². The van der Waals surface area contributed by atoms with Gasteiger partial charge >= 0.3 is 0 Å². The van der Waals surface area contributed by atoms with Gasteiger partial charge in [0.05, 0.1) is 9.04 Å². The summed E-state index contributed by atoms with van der Waals surface area (Å²) in [6.45, 7) is 0. The zero-order chi connectivity index (χ0) is 9.42. The number of pyridine rings is 1. The molecular formula is C8H5ClN2OS. The van der Waals surface area contributed by atoms with Crippen LogP contribution in [0, 0.1) is 0 Å². The average Bonchev–Trinajstić information content (AvgIpc) is 2.42. The van der Waals surface area contributed by atoms with Gasteiger partial charge in [0, 0.05) is 6.20 Å². The first-order valence-electron chi connectivity index (χ1n) is 3.52. The number of amides is 1. The number of carbonyl (C=O) groups is 1. The number of carbonyl (C=O) groups excluding carboxylic acids is 1. The van der Waals surface area contributed by atoms with Crippen molar-refractivity contribution in [1.29, 1.82) is 0 Å². The molecule has 2 N–H and O–H groups in total. The number of nitrogens with two attached hydrogens (primary N) is 1. The number of rotatable bonds is 1. The Labute approximate surface area is 83.1 Å². The fourth-order valence-electron chi connectivity index (χ4n) is 1.05. The highest BCUT2D eigenvalue weighted by Gasteiger charge is 2.05. The molecular weight excluding hydrogens is 208 g/mol. The van der Waals surface area contributed by atoms with Crippen molar-refractivity contribution in [3.8, 4) is 0 Å². The molecule has 0 saturated heterocycles. The van der Waals surface area contributed by atoms with Crippen LogP contribution in [0.25, 0.3) is 10.1 Å². The zero-order valence-corrected chi connectivity index (χ0v) is 8.02. The third-order valence-corrected chi connectivity index (χ3v) is 2.84. The summed E-state index contributed by atoms with van der Waals surface area (Å²) < 4.78 is 1.63. The van der Waals surface area contributed by atoms with Crippen molar-refractivity contribution in [2.45, 2.75) is 0 Å². The maximum atomic E-state index is 10.8. The topological polar surface area (TPSA) is 56.0 Å². The number of primary amides is 1. The van der Waals surface area contributed by atoms with E-state index in [4.69, 9.17) is 17.3 Å². The molecule has 0 bridgehead atoms. The molecule has 0 saturated carbocycles. The molecule has 0 fully saturated rings. The lowest BCUT2D eigenvalue weighted by atomic mass is 10.2. The van der Waals surface area contributed by atoms with Crippen LogP contribution in [0.2, 0.25) is 4.34 Å². The molecule has 5 heteroatoms. The molecule has 13 heavy (non-hydrogen) atoms. The third kappa shape index (κ3) is 1.50. The summed E-state index contributed by atoms with van der Waals surface area (Å²) in [5.74, 6) is -0.524. The number of thiophene rings is 1.